The molecule has 0 aliphatic carbocycles. The fourth-order valence-electron chi connectivity index (χ4n) is 3.86. The van der Waals surface area contributed by atoms with Gasteiger partial charge in [0.1, 0.15) is 8.07 Å². The number of benzene rings is 2. The molecule has 0 N–H and O–H groups in total. The third-order valence-corrected chi connectivity index (χ3v) is 11.3. The van der Waals surface area contributed by atoms with Crippen LogP contribution >= 0.6 is 0 Å². The van der Waals surface area contributed by atoms with Gasteiger partial charge in [-0.3, -0.25) is 0 Å². The van der Waals surface area contributed by atoms with Crippen molar-refractivity contribution in [2.24, 2.45) is 0 Å². The van der Waals surface area contributed by atoms with Crippen LogP contribution in [0.1, 0.15) is 12.8 Å². The molecular weight excluding hydrogens is 300 g/mol. The quantitative estimate of drug-likeness (QED) is 0.777. The Kier molecular flexibility index (Phi) is 4.39. The molecule has 1 unspecified atom stereocenters. The van der Waals surface area contributed by atoms with Crippen LogP contribution in [0.25, 0.3) is 0 Å². The topological polar surface area (TPSA) is 9.23 Å². The van der Waals surface area contributed by atoms with E-state index in [-0.39, 0.29) is 0 Å². The van der Waals surface area contributed by atoms with E-state index < -0.39 is 16.4 Å². The predicted molar refractivity (Wildman–Crippen MR) is 100 cm³/mol. The van der Waals surface area contributed by atoms with Gasteiger partial charge in [0, 0.05) is 5.73 Å². The van der Waals surface area contributed by atoms with E-state index in [9.17, 15) is 0 Å². The lowest BCUT2D eigenvalue weighted by Crippen LogP contribution is -2.65. The molecule has 1 atom stereocenters. The maximum atomic E-state index is 6.72. The van der Waals surface area contributed by atoms with Gasteiger partial charge in [0.2, 0.25) is 0 Å². The third kappa shape index (κ3) is 2.98. The Morgan fingerprint density at radius 1 is 0.864 bits per heavy atom. The molecule has 0 radical (unpaired) electrons. The molecule has 1 nitrogen and oxygen atoms in total. The first-order chi connectivity index (χ1) is 10.5. The molecule has 0 bridgehead atoms. The minimum Gasteiger partial charge on any atom is -0.417 e. The van der Waals surface area contributed by atoms with Gasteiger partial charge in [0.05, 0.1) is 0 Å². The summed E-state index contributed by atoms with van der Waals surface area (Å²) in [7, 11) is -3.35. The van der Waals surface area contributed by atoms with Crippen LogP contribution in [-0.4, -0.2) is 22.1 Å². The molecule has 1 heterocycles. The van der Waals surface area contributed by atoms with E-state index in [4.69, 9.17) is 4.43 Å². The molecule has 3 heteroatoms. The van der Waals surface area contributed by atoms with Crippen LogP contribution in [0.5, 0.6) is 0 Å². The standard InChI is InChI=1S/C19H26OSi2/c1-21(2,3)20-19-15-10-16-22(19,17-11-6-4-7-12-17)18-13-8-5-9-14-18/h4-9,11-14,19H,10,15-16H2,1-3H3. The zero-order chi connectivity index (χ0) is 15.6. The first-order valence-electron chi connectivity index (χ1n) is 8.31. The van der Waals surface area contributed by atoms with Gasteiger partial charge in [-0.1, -0.05) is 77.5 Å². The van der Waals surface area contributed by atoms with Crippen LogP contribution in [-0.2, 0) is 4.43 Å². The predicted octanol–water partition coefficient (Wildman–Crippen LogP) is 3.80. The highest BCUT2D eigenvalue weighted by Gasteiger charge is 2.49. The SMILES string of the molecule is C[Si](C)(C)OC1CCC[Si]1(c1ccccc1)c1ccccc1. The van der Waals surface area contributed by atoms with E-state index in [1.54, 1.807) is 10.4 Å². The second kappa shape index (κ2) is 6.15. The van der Waals surface area contributed by atoms with E-state index in [0.29, 0.717) is 5.73 Å². The maximum absolute atomic E-state index is 6.72. The van der Waals surface area contributed by atoms with Crippen molar-refractivity contribution in [3.63, 3.8) is 0 Å². The summed E-state index contributed by atoms with van der Waals surface area (Å²) < 4.78 is 6.72. The first kappa shape index (κ1) is 15.7. The summed E-state index contributed by atoms with van der Waals surface area (Å²) in [6, 6.07) is 23.7. The van der Waals surface area contributed by atoms with Crippen molar-refractivity contribution in [1.29, 1.82) is 0 Å². The fraction of sp³-hybridized carbons (Fsp3) is 0.368. The second-order valence-electron chi connectivity index (χ2n) is 7.31. The molecule has 1 saturated heterocycles. The van der Waals surface area contributed by atoms with Crippen LogP contribution in [0, 0.1) is 0 Å². The Morgan fingerprint density at radius 3 is 1.82 bits per heavy atom. The average Bonchev–Trinajstić information content (AvgIpc) is 2.91. The summed E-state index contributed by atoms with van der Waals surface area (Å²) in [5.74, 6) is 0. The van der Waals surface area contributed by atoms with Crippen molar-refractivity contribution < 1.29 is 4.43 Å². The Bertz CT molecular complexity index is 565. The van der Waals surface area contributed by atoms with Crippen LogP contribution in [0.3, 0.4) is 0 Å². The summed E-state index contributed by atoms with van der Waals surface area (Å²) >= 11 is 0. The minimum atomic E-state index is -1.81. The zero-order valence-corrected chi connectivity index (χ0v) is 15.9. The van der Waals surface area contributed by atoms with Crippen molar-refractivity contribution >= 4 is 26.8 Å². The van der Waals surface area contributed by atoms with Crippen molar-refractivity contribution in [2.75, 3.05) is 0 Å². The molecule has 3 rings (SSSR count). The monoisotopic (exact) mass is 326 g/mol. The molecule has 0 aromatic heterocycles. The van der Waals surface area contributed by atoms with Crippen LogP contribution < -0.4 is 10.4 Å². The maximum Gasteiger partial charge on any atom is 0.183 e. The van der Waals surface area contributed by atoms with Crippen molar-refractivity contribution in [1.82, 2.24) is 0 Å². The Balaban J connectivity index is 2.11. The molecule has 116 valence electrons. The molecule has 1 fully saturated rings. The Labute approximate surface area is 136 Å². The van der Waals surface area contributed by atoms with Crippen LogP contribution in [0.15, 0.2) is 60.7 Å². The molecule has 0 amide bonds. The molecule has 1 aliphatic heterocycles. The number of hydrogen-bond acceptors (Lipinski definition) is 1. The lowest BCUT2D eigenvalue weighted by Gasteiger charge is -2.38. The van der Waals surface area contributed by atoms with Crippen molar-refractivity contribution in [3.8, 4) is 0 Å². The first-order valence-corrected chi connectivity index (χ1v) is 14.0. The van der Waals surface area contributed by atoms with Gasteiger partial charge in [-0.25, -0.2) is 0 Å². The Hall–Kier alpha value is -1.17. The lowest BCUT2D eigenvalue weighted by molar-refractivity contribution is 0.264. The molecule has 1 aliphatic rings. The largest absolute Gasteiger partial charge is 0.417 e. The summed E-state index contributed by atoms with van der Waals surface area (Å²) in [5.41, 5.74) is 0.434. The van der Waals surface area contributed by atoms with E-state index in [2.05, 4.69) is 80.3 Å². The molecular formula is C19H26OSi2. The highest BCUT2D eigenvalue weighted by Crippen LogP contribution is 2.33. The summed E-state index contributed by atoms with van der Waals surface area (Å²) in [5, 5.41) is 3.09. The van der Waals surface area contributed by atoms with Gasteiger partial charge < -0.3 is 4.43 Å². The van der Waals surface area contributed by atoms with Gasteiger partial charge in [0.25, 0.3) is 0 Å². The molecule has 22 heavy (non-hydrogen) atoms. The zero-order valence-electron chi connectivity index (χ0n) is 13.9. The molecule has 2 aromatic rings. The van der Waals surface area contributed by atoms with Gasteiger partial charge in [-0.2, -0.15) is 0 Å². The summed E-state index contributed by atoms with van der Waals surface area (Å²) in [6.07, 6.45) is 2.52. The molecule has 0 spiro atoms. The van der Waals surface area contributed by atoms with Crippen molar-refractivity contribution in [2.45, 2.75) is 44.3 Å². The minimum absolute atomic E-state index is 0.434. The second-order valence-corrected chi connectivity index (χ2v) is 16.0. The van der Waals surface area contributed by atoms with Gasteiger partial charge in [-0.05, 0) is 32.1 Å². The number of hydrogen-bond donors (Lipinski definition) is 0. The Morgan fingerprint density at radius 2 is 1.36 bits per heavy atom. The lowest BCUT2D eigenvalue weighted by atomic mass is 10.4. The van der Waals surface area contributed by atoms with Crippen LogP contribution in [0.4, 0.5) is 0 Å². The van der Waals surface area contributed by atoms with Crippen LogP contribution in [0.2, 0.25) is 25.7 Å². The van der Waals surface area contributed by atoms with E-state index in [1.807, 2.05) is 0 Å². The molecule has 2 aromatic carbocycles. The third-order valence-electron chi connectivity index (χ3n) is 4.66. The normalized spacial score (nSPS) is 21.0. The highest BCUT2D eigenvalue weighted by molar-refractivity contribution is 7.04. The van der Waals surface area contributed by atoms with Crippen molar-refractivity contribution in [3.05, 3.63) is 60.7 Å². The van der Waals surface area contributed by atoms with E-state index in [0.717, 1.165) is 0 Å². The summed E-state index contributed by atoms with van der Waals surface area (Å²) in [4.78, 5) is 0. The van der Waals surface area contributed by atoms with Gasteiger partial charge >= 0.3 is 0 Å². The highest BCUT2D eigenvalue weighted by atomic mass is 28.4. The molecule has 0 saturated carbocycles. The van der Waals surface area contributed by atoms with Gasteiger partial charge in [0.15, 0.2) is 8.32 Å². The number of rotatable bonds is 4. The smallest absolute Gasteiger partial charge is 0.183 e. The van der Waals surface area contributed by atoms with Gasteiger partial charge in [-0.15, -0.1) is 0 Å². The average molecular weight is 327 g/mol. The van der Waals surface area contributed by atoms with E-state index in [1.165, 1.54) is 18.9 Å². The fourth-order valence-corrected chi connectivity index (χ4v) is 11.7. The van der Waals surface area contributed by atoms with E-state index >= 15 is 0 Å². The summed E-state index contributed by atoms with van der Waals surface area (Å²) in [6.45, 7) is 6.96.